The van der Waals surface area contributed by atoms with Crippen LogP contribution in [0.1, 0.15) is 10.4 Å². The molecule has 0 heterocycles. The fourth-order valence-corrected chi connectivity index (χ4v) is 2.41. The molecule has 0 atom stereocenters. The molecule has 1 N–H and O–H groups in total. The van der Waals surface area contributed by atoms with E-state index in [0.29, 0.717) is 14.5 Å². The molecule has 0 fully saturated rings. The minimum absolute atomic E-state index is 0.0710. The van der Waals surface area contributed by atoms with E-state index in [0.717, 1.165) is 18.2 Å². The van der Waals surface area contributed by atoms with Crippen LogP contribution in [0.3, 0.4) is 0 Å². The van der Waals surface area contributed by atoms with Crippen molar-refractivity contribution in [2.45, 2.75) is 0 Å². The van der Waals surface area contributed by atoms with Gasteiger partial charge in [0.05, 0.1) is 16.6 Å². The number of rotatable bonds is 3. The largest absolute Gasteiger partial charge is 0.316 e. The maximum Gasteiger partial charge on any atom is 0.295 e. The standard InChI is InChI=1S/C13H7Br2FN2O3/c14-7-1-3-10(15)9(5-7)13(19)17-11-4-2-8(16)6-12(11)18(20)21/h1-6H,(H,17,19). The Balaban J connectivity index is 2.36. The molecular weight excluding hydrogens is 411 g/mol. The molecule has 0 aliphatic carbocycles. The van der Waals surface area contributed by atoms with Crippen molar-refractivity contribution >= 4 is 49.1 Å². The summed E-state index contributed by atoms with van der Waals surface area (Å²) in [6, 6.07) is 7.91. The van der Waals surface area contributed by atoms with Crippen molar-refractivity contribution in [1.29, 1.82) is 0 Å². The van der Waals surface area contributed by atoms with Crippen molar-refractivity contribution in [3.63, 3.8) is 0 Å². The van der Waals surface area contributed by atoms with Gasteiger partial charge in [0.15, 0.2) is 0 Å². The fourth-order valence-electron chi connectivity index (χ4n) is 1.62. The normalized spacial score (nSPS) is 10.2. The van der Waals surface area contributed by atoms with Crippen LogP contribution in [0.25, 0.3) is 0 Å². The van der Waals surface area contributed by atoms with Gasteiger partial charge >= 0.3 is 0 Å². The Hall–Kier alpha value is -1.80. The van der Waals surface area contributed by atoms with E-state index < -0.39 is 22.3 Å². The van der Waals surface area contributed by atoms with E-state index >= 15 is 0 Å². The third-order valence-electron chi connectivity index (χ3n) is 2.58. The first-order chi connectivity index (χ1) is 9.88. The van der Waals surface area contributed by atoms with Crippen LogP contribution in [0, 0.1) is 15.9 Å². The van der Waals surface area contributed by atoms with E-state index in [2.05, 4.69) is 37.2 Å². The predicted octanol–water partition coefficient (Wildman–Crippen LogP) is 4.51. The van der Waals surface area contributed by atoms with E-state index in [1.807, 2.05) is 0 Å². The molecule has 2 aromatic rings. The second kappa shape index (κ2) is 6.31. The lowest BCUT2D eigenvalue weighted by atomic mass is 10.2. The summed E-state index contributed by atoms with van der Waals surface area (Å²) in [6.45, 7) is 0. The number of hydrogen-bond donors (Lipinski definition) is 1. The van der Waals surface area contributed by atoms with E-state index in [1.165, 1.54) is 0 Å². The smallest absolute Gasteiger partial charge is 0.295 e. The molecule has 0 aromatic heterocycles. The van der Waals surface area contributed by atoms with Crippen LogP contribution in [0.4, 0.5) is 15.8 Å². The molecule has 2 rings (SSSR count). The molecule has 5 nitrogen and oxygen atoms in total. The lowest BCUT2D eigenvalue weighted by molar-refractivity contribution is -0.384. The van der Waals surface area contributed by atoms with Crippen LogP contribution in [0.5, 0.6) is 0 Å². The number of hydrogen-bond acceptors (Lipinski definition) is 3. The van der Waals surface area contributed by atoms with Gasteiger partial charge in [-0.05, 0) is 46.3 Å². The summed E-state index contributed by atoms with van der Waals surface area (Å²) in [6.07, 6.45) is 0. The molecule has 0 saturated carbocycles. The molecule has 8 heteroatoms. The average Bonchev–Trinajstić information content (AvgIpc) is 2.43. The number of carbonyl (C=O) groups excluding carboxylic acids is 1. The number of nitrogens with one attached hydrogen (secondary N) is 1. The molecule has 0 unspecified atom stereocenters. The minimum Gasteiger partial charge on any atom is -0.316 e. The van der Waals surface area contributed by atoms with Crippen LogP contribution in [0.2, 0.25) is 0 Å². The zero-order chi connectivity index (χ0) is 15.6. The summed E-state index contributed by atoms with van der Waals surface area (Å²) in [5, 5.41) is 13.3. The highest BCUT2D eigenvalue weighted by Crippen LogP contribution is 2.27. The first kappa shape index (κ1) is 15.6. The highest BCUT2D eigenvalue weighted by atomic mass is 79.9. The average molecular weight is 418 g/mol. The number of nitrogens with zero attached hydrogens (tertiary/aromatic N) is 1. The SMILES string of the molecule is O=C(Nc1ccc(F)cc1[N+](=O)[O-])c1cc(Br)ccc1Br. The summed E-state index contributed by atoms with van der Waals surface area (Å²) in [5.74, 6) is -1.29. The molecule has 0 saturated heterocycles. The van der Waals surface area contributed by atoms with Gasteiger partial charge in [-0.3, -0.25) is 14.9 Å². The van der Waals surface area contributed by atoms with Crippen molar-refractivity contribution in [1.82, 2.24) is 0 Å². The second-order valence-corrected chi connectivity index (χ2v) is 5.77. The molecule has 0 radical (unpaired) electrons. The van der Waals surface area contributed by atoms with Gasteiger partial charge in [0.1, 0.15) is 11.5 Å². The first-order valence-corrected chi connectivity index (χ1v) is 7.17. The maximum absolute atomic E-state index is 13.1. The quantitative estimate of drug-likeness (QED) is 0.589. The molecule has 2 aromatic carbocycles. The van der Waals surface area contributed by atoms with E-state index in [1.54, 1.807) is 18.2 Å². The number of carbonyl (C=O) groups is 1. The molecule has 21 heavy (non-hydrogen) atoms. The summed E-state index contributed by atoms with van der Waals surface area (Å²) in [4.78, 5) is 22.3. The predicted molar refractivity (Wildman–Crippen MR) is 82.8 cm³/mol. The van der Waals surface area contributed by atoms with Crippen molar-refractivity contribution in [2.75, 3.05) is 5.32 Å². The van der Waals surface area contributed by atoms with E-state index in [4.69, 9.17) is 0 Å². The number of benzene rings is 2. The molecule has 108 valence electrons. The lowest BCUT2D eigenvalue weighted by Crippen LogP contribution is -2.14. The summed E-state index contributed by atoms with van der Waals surface area (Å²) < 4.78 is 14.3. The van der Waals surface area contributed by atoms with Crippen LogP contribution in [0.15, 0.2) is 45.3 Å². The minimum atomic E-state index is -0.755. The molecular formula is C13H7Br2FN2O3. The highest BCUT2D eigenvalue weighted by molar-refractivity contribution is 9.11. The van der Waals surface area contributed by atoms with Gasteiger partial charge in [0.25, 0.3) is 11.6 Å². The lowest BCUT2D eigenvalue weighted by Gasteiger charge is -2.08. The van der Waals surface area contributed by atoms with Gasteiger partial charge in [-0.1, -0.05) is 15.9 Å². The monoisotopic (exact) mass is 416 g/mol. The van der Waals surface area contributed by atoms with Crippen LogP contribution in [-0.2, 0) is 0 Å². The number of nitro groups is 1. The topological polar surface area (TPSA) is 72.2 Å². The molecule has 1 amide bonds. The van der Waals surface area contributed by atoms with Crippen molar-refractivity contribution in [2.24, 2.45) is 0 Å². The molecule has 0 aliphatic rings. The Kier molecular flexibility index (Phi) is 4.69. The van der Waals surface area contributed by atoms with Gasteiger partial charge in [0, 0.05) is 8.95 Å². The van der Waals surface area contributed by atoms with Gasteiger partial charge in [-0.25, -0.2) is 4.39 Å². The van der Waals surface area contributed by atoms with E-state index in [9.17, 15) is 19.3 Å². The van der Waals surface area contributed by atoms with Crippen LogP contribution < -0.4 is 5.32 Å². The summed E-state index contributed by atoms with van der Waals surface area (Å²) in [7, 11) is 0. The number of anilines is 1. The third kappa shape index (κ3) is 3.64. The Morgan fingerprint density at radius 3 is 2.57 bits per heavy atom. The van der Waals surface area contributed by atoms with Crippen molar-refractivity contribution in [3.8, 4) is 0 Å². The third-order valence-corrected chi connectivity index (χ3v) is 3.76. The summed E-state index contributed by atoms with van der Waals surface area (Å²) >= 11 is 6.47. The Morgan fingerprint density at radius 1 is 1.19 bits per heavy atom. The van der Waals surface area contributed by atoms with Gasteiger partial charge in [-0.15, -0.1) is 0 Å². The Labute approximate surface area is 135 Å². The zero-order valence-corrected chi connectivity index (χ0v) is 13.4. The number of nitro benzene ring substituents is 1. The van der Waals surface area contributed by atoms with E-state index in [-0.39, 0.29) is 5.69 Å². The van der Waals surface area contributed by atoms with Crippen molar-refractivity contribution < 1.29 is 14.1 Å². The van der Waals surface area contributed by atoms with Gasteiger partial charge in [-0.2, -0.15) is 0 Å². The number of halogens is 3. The van der Waals surface area contributed by atoms with Gasteiger partial charge in [0.2, 0.25) is 0 Å². The highest BCUT2D eigenvalue weighted by Gasteiger charge is 2.19. The Morgan fingerprint density at radius 2 is 1.90 bits per heavy atom. The molecule has 0 spiro atoms. The first-order valence-electron chi connectivity index (χ1n) is 5.59. The molecule has 0 aliphatic heterocycles. The van der Waals surface area contributed by atoms with Crippen LogP contribution >= 0.6 is 31.9 Å². The Bertz CT molecular complexity index is 737. The second-order valence-electron chi connectivity index (χ2n) is 4.00. The zero-order valence-electron chi connectivity index (χ0n) is 10.3. The van der Waals surface area contributed by atoms with Crippen LogP contribution in [-0.4, -0.2) is 10.8 Å². The van der Waals surface area contributed by atoms with Crippen molar-refractivity contribution in [3.05, 3.63) is 66.8 Å². The fraction of sp³-hybridized carbons (Fsp3) is 0. The molecule has 0 bridgehead atoms. The van der Waals surface area contributed by atoms with Gasteiger partial charge < -0.3 is 5.32 Å². The summed E-state index contributed by atoms with van der Waals surface area (Å²) in [5.41, 5.74) is -0.282. The number of amides is 1. The maximum atomic E-state index is 13.1.